The average molecular weight is 295 g/mol. The van der Waals surface area contributed by atoms with Crippen LogP contribution < -0.4 is 10.5 Å². The van der Waals surface area contributed by atoms with Gasteiger partial charge in [-0.2, -0.15) is 0 Å². The van der Waals surface area contributed by atoms with E-state index in [0.29, 0.717) is 29.4 Å². The van der Waals surface area contributed by atoms with Crippen LogP contribution in [0.25, 0.3) is 0 Å². The molecule has 0 bridgehead atoms. The van der Waals surface area contributed by atoms with Crippen LogP contribution in [0.5, 0.6) is 5.75 Å². The van der Waals surface area contributed by atoms with Crippen LogP contribution in [-0.4, -0.2) is 27.2 Å². The van der Waals surface area contributed by atoms with Crippen molar-refractivity contribution in [3.8, 4) is 5.75 Å². The van der Waals surface area contributed by atoms with Gasteiger partial charge in [0.25, 0.3) is 0 Å². The number of hydrogen-bond acceptors (Lipinski definition) is 4. The fraction of sp³-hybridized carbons (Fsp3) is 0.231. The summed E-state index contributed by atoms with van der Waals surface area (Å²) in [7, 11) is 1.92. The summed E-state index contributed by atoms with van der Waals surface area (Å²) < 4.78 is 7.58. The summed E-state index contributed by atoms with van der Waals surface area (Å²) in [5.41, 5.74) is 5.99. The number of nitrogens with two attached hydrogens (primary N) is 1. The third kappa shape index (κ3) is 3.03. The van der Waals surface area contributed by atoms with E-state index < -0.39 is 0 Å². The minimum absolute atomic E-state index is 0.0809. The molecule has 0 aliphatic rings. The van der Waals surface area contributed by atoms with Crippen LogP contribution >= 0.6 is 11.6 Å². The normalized spacial score (nSPS) is 11.6. The number of nitrogens with zero attached hydrogens (tertiary/aromatic N) is 3. The molecule has 0 radical (unpaired) electrons. The predicted molar refractivity (Wildman–Crippen MR) is 76.4 cm³/mol. The lowest BCUT2D eigenvalue weighted by atomic mass is 10.2. The van der Waals surface area contributed by atoms with Crippen molar-refractivity contribution in [1.82, 2.24) is 9.55 Å². The van der Waals surface area contributed by atoms with Crippen LogP contribution in [0.3, 0.4) is 0 Å². The molecular formula is C13H15ClN4O2. The van der Waals surface area contributed by atoms with Crippen LogP contribution in [0, 0.1) is 0 Å². The second-order valence-corrected chi connectivity index (χ2v) is 4.56. The summed E-state index contributed by atoms with van der Waals surface area (Å²) in [5, 5.41) is 12.1. The van der Waals surface area contributed by atoms with Crippen molar-refractivity contribution in [2.24, 2.45) is 17.9 Å². The maximum Gasteiger partial charge on any atom is 0.175 e. The lowest BCUT2D eigenvalue weighted by molar-refractivity contribution is 0.311. The smallest absolute Gasteiger partial charge is 0.175 e. The molecule has 2 rings (SSSR count). The molecule has 0 amide bonds. The lowest BCUT2D eigenvalue weighted by Crippen LogP contribution is -2.16. The quantitative estimate of drug-likeness (QED) is 0.381. The maximum atomic E-state index is 8.78. The number of oxime groups is 1. The van der Waals surface area contributed by atoms with Gasteiger partial charge in [0.1, 0.15) is 11.6 Å². The molecular weight excluding hydrogens is 280 g/mol. The first-order valence-electron chi connectivity index (χ1n) is 5.99. The monoisotopic (exact) mass is 294 g/mol. The Balaban J connectivity index is 2.10. The van der Waals surface area contributed by atoms with Gasteiger partial charge in [-0.1, -0.05) is 22.8 Å². The van der Waals surface area contributed by atoms with Crippen LogP contribution in [-0.2, 0) is 13.5 Å². The molecule has 20 heavy (non-hydrogen) atoms. The van der Waals surface area contributed by atoms with Crippen LogP contribution in [0.4, 0.5) is 0 Å². The van der Waals surface area contributed by atoms with Gasteiger partial charge in [-0.15, -0.1) is 0 Å². The van der Waals surface area contributed by atoms with Crippen molar-refractivity contribution in [3.05, 3.63) is 47.0 Å². The molecule has 0 atom stereocenters. The third-order valence-corrected chi connectivity index (χ3v) is 3.16. The Morgan fingerprint density at radius 1 is 1.55 bits per heavy atom. The molecule has 3 N–H and O–H groups in total. The van der Waals surface area contributed by atoms with E-state index in [-0.39, 0.29) is 5.84 Å². The molecule has 0 aliphatic carbocycles. The van der Waals surface area contributed by atoms with E-state index in [1.54, 1.807) is 24.4 Å². The largest absolute Gasteiger partial charge is 0.492 e. The molecule has 0 saturated carbocycles. The number of amidine groups is 1. The highest BCUT2D eigenvalue weighted by atomic mass is 35.5. The topological polar surface area (TPSA) is 85.7 Å². The summed E-state index contributed by atoms with van der Waals surface area (Å²) >= 11 is 6.04. The SMILES string of the molecule is Cn1ccnc1CCOc1cccc(Cl)c1/C(N)=N/O. The van der Waals surface area contributed by atoms with Gasteiger partial charge in [-0.3, -0.25) is 0 Å². The highest BCUT2D eigenvalue weighted by Gasteiger charge is 2.13. The second kappa shape index (κ2) is 6.29. The Labute approximate surface area is 121 Å². The van der Waals surface area contributed by atoms with Crippen molar-refractivity contribution >= 4 is 17.4 Å². The number of rotatable bonds is 5. The first-order valence-corrected chi connectivity index (χ1v) is 6.36. The van der Waals surface area contributed by atoms with Crippen molar-refractivity contribution in [3.63, 3.8) is 0 Å². The zero-order chi connectivity index (χ0) is 14.5. The van der Waals surface area contributed by atoms with E-state index in [1.807, 2.05) is 17.8 Å². The van der Waals surface area contributed by atoms with Crippen LogP contribution in [0.15, 0.2) is 35.7 Å². The zero-order valence-electron chi connectivity index (χ0n) is 11.0. The molecule has 0 unspecified atom stereocenters. The van der Waals surface area contributed by atoms with Gasteiger partial charge in [-0.25, -0.2) is 4.98 Å². The van der Waals surface area contributed by atoms with Crippen molar-refractivity contribution in [1.29, 1.82) is 0 Å². The summed E-state index contributed by atoms with van der Waals surface area (Å²) in [6, 6.07) is 5.12. The van der Waals surface area contributed by atoms with E-state index >= 15 is 0 Å². The van der Waals surface area contributed by atoms with Gasteiger partial charge in [0, 0.05) is 25.9 Å². The van der Waals surface area contributed by atoms with E-state index in [2.05, 4.69) is 10.1 Å². The number of imidazole rings is 1. The molecule has 0 saturated heterocycles. The molecule has 0 spiro atoms. The first kappa shape index (κ1) is 14.2. The Morgan fingerprint density at radius 2 is 2.35 bits per heavy atom. The van der Waals surface area contributed by atoms with Crippen LogP contribution in [0.1, 0.15) is 11.4 Å². The standard InChI is InChI=1S/C13H15ClN4O2/c1-18-7-6-16-11(18)5-8-20-10-4-2-3-9(14)12(10)13(15)17-19/h2-4,6-7,19H,5,8H2,1H3,(H2,15,17). The molecule has 0 aliphatic heterocycles. The van der Waals surface area contributed by atoms with E-state index in [0.717, 1.165) is 5.82 Å². The molecule has 1 heterocycles. The summed E-state index contributed by atoms with van der Waals surface area (Å²) in [6.07, 6.45) is 4.25. The lowest BCUT2D eigenvalue weighted by Gasteiger charge is -2.11. The Bertz CT molecular complexity index is 625. The zero-order valence-corrected chi connectivity index (χ0v) is 11.7. The third-order valence-electron chi connectivity index (χ3n) is 2.84. The number of hydrogen-bond donors (Lipinski definition) is 2. The van der Waals surface area contributed by atoms with E-state index in [9.17, 15) is 0 Å². The highest BCUT2D eigenvalue weighted by molar-refractivity contribution is 6.34. The Hall–Kier alpha value is -2.21. The van der Waals surface area contributed by atoms with Gasteiger partial charge >= 0.3 is 0 Å². The van der Waals surface area contributed by atoms with E-state index in [1.165, 1.54) is 0 Å². The van der Waals surface area contributed by atoms with Gasteiger partial charge < -0.3 is 20.2 Å². The molecule has 6 nitrogen and oxygen atoms in total. The predicted octanol–water partition coefficient (Wildman–Crippen LogP) is 1.79. The summed E-state index contributed by atoms with van der Waals surface area (Å²) in [4.78, 5) is 4.21. The minimum atomic E-state index is -0.0809. The van der Waals surface area contributed by atoms with Crippen molar-refractivity contribution in [2.75, 3.05) is 6.61 Å². The average Bonchev–Trinajstić information content (AvgIpc) is 2.84. The van der Waals surface area contributed by atoms with Gasteiger partial charge in [0.05, 0.1) is 17.2 Å². The molecule has 2 aromatic rings. The number of halogens is 1. The number of ether oxygens (including phenoxy) is 1. The number of aryl methyl sites for hydroxylation is 1. The number of benzene rings is 1. The Morgan fingerprint density at radius 3 is 3.00 bits per heavy atom. The Kier molecular flexibility index (Phi) is 4.47. The second-order valence-electron chi connectivity index (χ2n) is 4.15. The minimum Gasteiger partial charge on any atom is -0.492 e. The highest BCUT2D eigenvalue weighted by Crippen LogP contribution is 2.26. The fourth-order valence-electron chi connectivity index (χ4n) is 1.81. The summed E-state index contributed by atoms with van der Waals surface area (Å²) in [5.74, 6) is 1.31. The van der Waals surface area contributed by atoms with E-state index in [4.69, 9.17) is 27.3 Å². The van der Waals surface area contributed by atoms with Crippen LogP contribution in [0.2, 0.25) is 5.02 Å². The van der Waals surface area contributed by atoms with Gasteiger partial charge in [-0.05, 0) is 12.1 Å². The first-order chi connectivity index (χ1) is 9.63. The molecule has 106 valence electrons. The number of aromatic nitrogens is 2. The molecule has 0 fully saturated rings. The van der Waals surface area contributed by atoms with Gasteiger partial charge in [0.15, 0.2) is 5.84 Å². The maximum absolute atomic E-state index is 8.78. The van der Waals surface area contributed by atoms with Gasteiger partial charge in [0.2, 0.25) is 0 Å². The molecule has 1 aromatic carbocycles. The van der Waals surface area contributed by atoms with Crippen molar-refractivity contribution in [2.45, 2.75) is 6.42 Å². The molecule has 1 aromatic heterocycles. The van der Waals surface area contributed by atoms with Crippen molar-refractivity contribution < 1.29 is 9.94 Å². The molecule has 7 heteroatoms. The summed E-state index contributed by atoms with van der Waals surface area (Å²) in [6.45, 7) is 0.414. The fourth-order valence-corrected chi connectivity index (χ4v) is 2.08.